The third-order valence-electron chi connectivity index (χ3n) is 14.7. The predicted octanol–water partition coefficient (Wildman–Crippen LogP) is 16.7. The predicted molar refractivity (Wildman–Crippen MR) is 288 cm³/mol. The summed E-state index contributed by atoms with van der Waals surface area (Å²) in [4.78, 5) is 16.5. The first-order valence-corrected chi connectivity index (χ1v) is 24.0. The molecule has 326 valence electrons. The summed E-state index contributed by atoms with van der Waals surface area (Å²) < 4.78 is 9.24. The van der Waals surface area contributed by atoms with Crippen molar-refractivity contribution in [1.29, 1.82) is 0 Å². The number of hydrogen-bond acceptors (Lipinski definition) is 4. The number of hydrogen-bond donors (Lipinski definition) is 0. The van der Waals surface area contributed by atoms with Crippen LogP contribution in [0.3, 0.4) is 0 Å². The summed E-state index contributed by atoms with van der Waals surface area (Å²) in [6.07, 6.45) is 0.910. The highest BCUT2D eigenvalue weighted by Gasteiger charge is 2.28. The maximum atomic E-state index is 6.86. The van der Waals surface area contributed by atoms with E-state index in [2.05, 4.69) is 229 Å². The van der Waals surface area contributed by atoms with Crippen molar-refractivity contribution in [3.05, 3.63) is 241 Å². The smallest absolute Gasteiger partial charge is 0.166 e. The Hall–Kier alpha value is -9.19. The topological polar surface area (TPSA) is 56.7 Å². The van der Waals surface area contributed by atoms with Crippen LogP contribution in [0.1, 0.15) is 22.6 Å². The van der Waals surface area contributed by atoms with Gasteiger partial charge < -0.3 is 8.98 Å². The Balaban J connectivity index is 1.01. The summed E-state index contributed by atoms with van der Waals surface area (Å²) in [5, 5.41) is 11.3. The highest BCUT2D eigenvalue weighted by atomic mass is 16.3. The zero-order valence-corrected chi connectivity index (χ0v) is 37.8. The van der Waals surface area contributed by atoms with E-state index in [-0.39, 0.29) is 5.92 Å². The van der Waals surface area contributed by atoms with Crippen molar-refractivity contribution >= 4 is 76.1 Å². The molecular formula is C65H40N4O. The minimum atomic E-state index is 0.267. The first kappa shape index (κ1) is 38.9. The number of benzene rings is 11. The van der Waals surface area contributed by atoms with Gasteiger partial charge in [-0.05, 0) is 115 Å². The van der Waals surface area contributed by atoms with Crippen molar-refractivity contribution in [2.45, 2.75) is 12.3 Å². The van der Waals surface area contributed by atoms with Crippen molar-refractivity contribution < 1.29 is 4.42 Å². The van der Waals surface area contributed by atoms with E-state index < -0.39 is 0 Å². The Labute approximate surface area is 402 Å². The maximum absolute atomic E-state index is 6.86. The molecule has 0 radical (unpaired) electrons. The molecule has 15 rings (SSSR count). The molecule has 3 heterocycles. The minimum absolute atomic E-state index is 0.267. The number of nitrogens with zero attached hydrogens (tertiary/aromatic N) is 4. The molecule has 0 N–H and O–H groups in total. The molecule has 0 saturated carbocycles. The monoisotopic (exact) mass is 892 g/mol. The fraction of sp³-hybridized carbons (Fsp3) is 0.0308. The minimum Gasteiger partial charge on any atom is -0.456 e. The highest BCUT2D eigenvalue weighted by molar-refractivity contribution is 6.16. The second-order valence-corrected chi connectivity index (χ2v) is 18.7. The molecule has 0 bridgehead atoms. The second kappa shape index (κ2) is 15.2. The van der Waals surface area contributed by atoms with Crippen molar-refractivity contribution in [2.24, 2.45) is 0 Å². The van der Waals surface area contributed by atoms with E-state index in [4.69, 9.17) is 19.4 Å². The lowest BCUT2D eigenvalue weighted by Gasteiger charge is -2.28. The Bertz CT molecular complexity index is 4470. The van der Waals surface area contributed by atoms with Crippen molar-refractivity contribution in [3.63, 3.8) is 0 Å². The Morgan fingerprint density at radius 2 is 0.957 bits per heavy atom. The van der Waals surface area contributed by atoms with Crippen LogP contribution < -0.4 is 0 Å². The van der Waals surface area contributed by atoms with Crippen molar-refractivity contribution in [3.8, 4) is 51.0 Å². The van der Waals surface area contributed by atoms with Gasteiger partial charge in [0.1, 0.15) is 11.2 Å². The molecule has 5 nitrogen and oxygen atoms in total. The van der Waals surface area contributed by atoms with Gasteiger partial charge in [-0.3, -0.25) is 0 Å². The second-order valence-electron chi connectivity index (χ2n) is 18.7. The van der Waals surface area contributed by atoms with Gasteiger partial charge in [0.25, 0.3) is 0 Å². The van der Waals surface area contributed by atoms with Crippen LogP contribution in [0, 0.1) is 0 Å². The number of rotatable bonds is 5. The molecule has 14 aromatic rings. The van der Waals surface area contributed by atoms with Crippen LogP contribution in [0.2, 0.25) is 0 Å². The third kappa shape index (κ3) is 6.08. The van der Waals surface area contributed by atoms with Crippen LogP contribution in [0.25, 0.3) is 127 Å². The largest absolute Gasteiger partial charge is 0.456 e. The molecule has 11 aromatic carbocycles. The molecule has 0 aliphatic heterocycles. The zero-order valence-electron chi connectivity index (χ0n) is 37.8. The summed E-state index contributed by atoms with van der Waals surface area (Å²) in [5.74, 6) is 2.06. The summed E-state index contributed by atoms with van der Waals surface area (Å²) in [7, 11) is 0. The summed E-state index contributed by atoms with van der Waals surface area (Å²) >= 11 is 0. The number of fused-ring (bicyclic) bond motifs is 12. The van der Waals surface area contributed by atoms with E-state index in [9.17, 15) is 0 Å². The Morgan fingerprint density at radius 3 is 1.76 bits per heavy atom. The first-order chi connectivity index (χ1) is 34.6. The molecule has 0 saturated heterocycles. The number of aromatic nitrogens is 4. The van der Waals surface area contributed by atoms with Gasteiger partial charge in [-0.25, -0.2) is 15.0 Å². The van der Waals surface area contributed by atoms with E-state index in [1.165, 1.54) is 49.4 Å². The molecule has 0 spiro atoms. The molecule has 70 heavy (non-hydrogen) atoms. The zero-order chi connectivity index (χ0) is 45.9. The molecule has 1 aliphatic rings. The lowest BCUT2D eigenvalue weighted by molar-refractivity contribution is 0.669. The number of furan rings is 1. The van der Waals surface area contributed by atoms with Gasteiger partial charge in [-0.2, -0.15) is 0 Å². The Morgan fingerprint density at radius 1 is 0.371 bits per heavy atom. The lowest BCUT2D eigenvalue weighted by atomic mass is 9.75. The van der Waals surface area contributed by atoms with Gasteiger partial charge in [0.15, 0.2) is 17.5 Å². The van der Waals surface area contributed by atoms with Gasteiger partial charge in [-0.15, -0.1) is 0 Å². The van der Waals surface area contributed by atoms with Gasteiger partial charge >= 0.3 is 0 Å². The average molecular weight is 893 g/mol. The lowest BCUT2D eigenvalue weighted by Crippen LogP contribution is -2.12. The van der Waals surface area contributed by atoms with E-state index >= 15 is 0 Å². The van der Waals surface area contributed by atoms with Gasteiger partial charge in [0, 0.05) is 50.2 Å². The van der Waals surface area contributed by atoms with Gasteiger partial charge in [-0.1, -0.05) is 170 Å². The average Bonchev–Trinajstić information content (AvgIpc) is 3.94. The van der Waals surface area contributed by atoms with Crippen LogP contribution in [-0.2, 0) is 6.42 Å². The Kier molecular flexibility index (Phi) is 8.42. The molecule has 0 fully saturated rings. The summed E-state index contributed by atoms with van der Waals surface area (Å²) in [6.45, 7) is 0. The van der Waals surface area contributed by atoms with Crippen molar-refractivity contribution in [1.82, 2.24) is 19.5 Å². The number of para-hydroxylation sites is 1. The summed E-state index contributed by atoms with van der Waals surface area (Å²) in [5.41, 5.74) is 13.9. The molecular weight excluding hydrogens is 853 g/mol. The highest BCUT2D eigenvalue weighted by Crippen LogP contribution is 2.46. The fourth-order valence-electron chi connectivity index (χ4n) is 11.4. The fourth-order valence-corrected chi connectivity index (χ4v) is 11.4. The third-order valence-corrected chi connectivity index (χ3v) is 14.7. The molecule has 0 amide bonds. The van der Waals surface area contributed by atoms with E-state index in [1.807, 2.05) is 0 Å². The normalized spacial score (nSPS) is 13.5. The van der Waals surface area contributed by atoms with Gasteiger partial charge in [0.05, 0.1) is 16.7 Å². The molecule has 5 heteroatoms. The molecule has 1 atom stereocenters. The quantitative estimate of drug-likeness (QED) is 0.173. The van der Waals surface area contributed by atoms with E-state index in [0.29, 0.717) is 17.5 Å². The van der Waals surface area contributed by atoms with E-state index in [0.717, 1.165) is 83.3 Å². The first-order valence-electron chi connectivity index (χ1n) is 24.0. The molecule has 1 unspecified atom stereocenters. The maximum Gasteiger partial charge on any atom is 0.166 e. The van der Waals surface area contributed by atoms with Crippen LogP contribution in [0.15, 0.2) is 229 Å². The van der Waals surface area contributed by atoms with Crippen LogP contribution in [-0.4, -0.2) is 19.5 Å². The van der Waals surface area contributed by atoms with Crippen LogP contribution in [0.4, 0.5) is 0 Å². The van der Waals surface area contributed by atoms with Gasteiger partial charge in [0.2, 0.25) is 0 Å². The standard InChI is InChI=1S/C65H40N4O/c1-2-15-40(16-3-1)52-33-46-27-29-48(34-53(46)50-23-11-10-22-49(50)52)64-66-63(47-28-26-39-14-4-5-17-41(39)30-47)67-65(68-64)57-37-56-55-32-43-19-7-9-21-45(43)36-61(55)70-62(56)38-60(57)69-58-25-13-12-24-51(58)54-31-42-18-6-8-20-44(42)35-59(54)69/h1-32,34-38,52H,33H2. The molecule has 3 aromatic heterocycles. The SMILES string of the molecule is c1ccc(C2Cc3ccc(-c4nc(-c5ccc6ccccc6c5)nc(-c5cc6c(cc5-n5c7ccccc7c7cc8ccccc8cc75)oc5cc7ccccc7cc56)n4)cc3-c3ccccc32)cc1. The van der Waals surface area contributed by atoms with Crippen molar-refractivity contribution in [2.75, 3.05) is 0 Å². The van der Waals surface area contributed by atoms with E-state index in [1.54, 1.807) is 0 Å². The van der Waals surface area contributed by atoms with Crippen LogP contribution in [0.5, 0.6) is 0 Å². The summed E-state index contributed by atoms with van der Waals surface area (Å²) in [6, 6.07) is 80.8. The molecule has 1 aliphatic carbocycles. The van der Waals surface area contributed by atoms with Crippen LogP contribution >= 0.6 is 0 Å².